The van der Waals surface area contributed by atoms with E-state index >= 15 is 0 Å². The van der Waals surface area contributed by atoms with E-state index in [9.17, 15) is 22.7 Å². The molecule has 2 aromatic carbocycles. The average molecular weight is 430 g/mol. The standard InChI is InChI=1S/C21H20ClF4NO2/c1-19(2,16-7-6-15(23)9-18(16)29-3)12-20(28,21(24,25)26)10-14-5-4-13(11-27)8-17(14)22/h4-9,28H,10,12H2,1-3H3. The molecule has 8 heteroatoms. The summed E-state index contributed by atoms with van der Waals surface area (Å²) in [6.07, 6.45) is -6.48. The number of nitriles is 1. The highest BCUT2D eigenvalue weighted by Crippen LogP contribution is 2.45. The number of hydrogen-bond donors (Lipinski definition) is 1. The van der Waals surface area contributed by atoms with Crippen LogP contribution >= 0.6 is 11.6 Å². The third-order valence-corrected chi connectivity index (χ3v) is 5.17. The molecule has 0 bridgehead atoms. The third kappa shape index (κ3) is 5.01. The van der Waals surface area contributed by atoms with Crippen molar-refractivity contribution in [2.45, 2.75) is 43.9 Å². The number of benzene rings is 2. The van der Waals surface area contributed by atoms with E-state index in [-0.39, 0.29) is 21.9 Å². The molecule has 0 amide bonds. The predicted octanol–water partition coefficient (Wildman–Crippen LogP) is 5.56. The highest BCUT2D eigenvalue weighted by molar-refractivity contribution is 6.31. The van der Waals surface area contributed by atoms with Gasteiger partial charge in [0.05, 0.1) is 18.7 Å². The molecule has 2 aromatic rings. The number of hydrogen-bond acceptors (Lipinski definition) is 3. The van der Waals surface area contributed by atoms with Crippen molar-refractivity contribution in [1.82, 2.24) is 0 Å². The largest absolute Gasteiger partial charge is 0.496 e. The molecule has 156 valence electrons. The summed E-state index contributed by atoms with van der Waals surface area (Å²) in [5.74, 6) is -0.493. The molecule has 1 unspecified atom stereocenters. The zero-order valence-electron chi connectivity index (χ0n) is 16.1. The van der Waals surface area contributed by atoms with Crippen molar-refractivity contribution in [1.29, 1.82) is 5.26 Å². The van der Waals surface area contributed by atoms with Crippen LogP contribution in [0.4, 0.5) is 17.6 Å². The van der Waals surface area contributed by atoms with Gasteiger partial charge in [0.25, 0.3) is 0 Å². The van der Waals surface area contributed by atoms with Crippen molar-refractivity contribution >= 4 is 11.6 Å². The van der Waals surface area contributed by atoms with Crippen molar-refractivity contribution in [2.24, 2.45) is 0 Å². The normalized spacial score (nSPS) is 14.2. The van der Waals surface area contributed by atoms with Gasteiger partial charge >= 0.3 is 6.18 Å². The van der Waals surface area contributed by atoms with Gasteiger partial charge in [-0.1, -0.05) is 37.6 Å². The lowest BCUT2D eigenvalue weighted by Gasteiger charge is -2.38. The van der Waals surface area contributed by atoms with E-state index in [1.165, 1.54) is 45.2 Å². The van der Waals surface area contributed by atoms with Crippen LogP contribution in [0.2, 0.25) is 5.02 Å². The molecule has 0 spiro atoms. The van der Waals surface area contributed by atoms with Gasteiger partial charge in [-0.15, -0.1) is 0 Å². The van der Waals surface area contributed by atoms with Crippen LogP contribution in [0.5, 0.6) is 5.75 Å². The van der Waals surface area contributed by atoms with Gasteiger partial charge in [0.1, 0.15) is 11.6 Å². The Labute approximate surface area is 171 Å². The van der Waals surface area contributed by atoms with E-state index in [4.69, 9.17) is 21.6 Å². The second-order valence-electron chi connectivity index (χ2n) is 7.53. The first-order valence-electron chi connectivity index (χ1n) is 8.64. The highest BCUT2D eigenvalue weighted by Gasteiger charge is 2.56. The molecular weight excluding hydrogens is 410 g/mol. The summed E-state index contributed by atoms with van der Waals surface area (Å²) >= 11 is 6.03. The summed E-state index contributed by atoms with van der Waals surface area (Å²) in [5, 5.41) is 19.6. The zero-order chi connectivity index (χ0) is 22.0. The number of nitrogens with zero attached hydrogens (tertiary/aromatic N) is 1. The molecule has 0 radical (unpaired) electrons. The summed E-state index contributed by atoms with van der Waals surface area (Å²) in [6, 6.07) is 9.30. The van der Waals surface area contributed by atoms with Crippen LogP contribution in [-0.2, 0) is 11.8 Å². The van der Waals surface area contributed by atoms with Gasteiger partial charge in [0, 0.05) is 23.1 Å². The minimum absolute atomic E-state index is 0.0381. The van der Waals surface area contributed by atoms with Gasteiger partial charge in [-0.05, 0) is 35.6 Å². The second-order valence-corrected chi connectivity index (χ2v) is 7.94. The monoisotopic (exact) mass is 429 g/mol. The minimum atomic E-state index is -4.96. The van der Waals surface area contributed by atoms with Crippen LogP contribution < -0.4 is 4.74 Å². The van der Waals surface area contributed by atoms with E-state index in [0.717, 1.165) is 12.1 Å². The van der Waals surface area contributed by atoms with Gasteiger partial charge in [-0.2, -0.15) is 18.4 Å². The van der Waals surface area contributed by atoms with Crippen molar-refractivity contribution in [3.8, 4) is 11.8 Å². The molecule has 2 rings (SSSR count). The third-order valence-electron chi connectivity index (χ3n) is 4.82. The smallest absolute Gasteiger partial charge is 0.417 e. The molecule has 0 fully saturated rings. The molecule has 0 saturated heterocycles. The van der Waals surface area contributed by atoms with Gasteiger partial charge in [-0.25, -0.2) is 4.39 Å². The van der Waals surface area contributed by atoms with Crippen molar-refractivity contribution in [3.63, 3.8) is 0 Å². The van der Waals surface area contributed by atoms with E-state index in [0.29, 0.717) is 5.56 Å². The fourth-order valence-electron chi connectivity index (χ4n) is 3.39. The molecule has 0 aromatic heterocycles. The Morgan fingerprint density at radius 3 is 2.31 bits per heavy atom. The van der Waals surface area contributed by atoms with E-state index in [1.54, 1.807) is 0 Å². The van der Waals surface area contributed by atoms with Crippen LogP contribution in [0.3, 0.4) is 0 Å². The first-order chi connectivity index (χ1) is 13.3. The molecule has 1 atom stereocenters. The molecule has 0 aliphatic rings. The Bertz CT molecular complexity index is 937. The van der Waals surface area contributed by atoms with E-state index in [1.807, 2.05) is 6.07 Å². The quantitative estimate of drug-likeness (QED) is 0.611. The number of methoxy groups -OCH3 is 1. The maximum absolute atomic E-state index is 13.9. The van der Waals surface area contributed by atoms with Gasteiger partial charge < -0.3 is 9.84 Å². The number of aliphatic hydroxyl groups is 1. The molecule has 0 aliphatic carbocycles. The van der Waals surface area contributed by atoms with Crippen molar-refractivity contribution in [2.75, 3.05) is 7.11 Å². The molecule has 0 aliphatic heterocycles. The minimum Gasteiger partial charge on any atom is -0.496 e. The number of alkyl halides is 3. The van der Waals surface area contributed by atoms with Crippen LogP contribution in [0.25, 0.3) is 0 Å². The molecule has 29 heavy (non-hydrogen) atoms. The van der Waals surface area contributed by atoms with E-state index in [2.05, 4.69) is 0 Å². The van der Waals surface area contributed by atoms with Gasteiger partial charge in [0.15, 0.2) is 5.60 Å². The van der Waals surface area contributed by atoms with E-state index < -0.39 is 35.9 Å². The van der Waals surface area contributed by atoms with Crippen LogP contribution in [0, 0.1) is 17.1 Å². The molecule has 0 saturated carbocycles. The highest BCUT2D eigenvalue weighted by atomic mass is 35.5. The fraction of sp³-hybridized carbons (Fsp3) is 0.381. The Hall–Kier alpha value is -2.30. The lowest BCUT2D eigenvalue weighted by Crippen LogP contribution is -2.50. The lowest BCUT2D eigenvalue weighted by molar-refractivity contribution is -0.266. The summed E-state index contributed by atoms with van der Waals surface area (Å²) in [4.78, 5) is 0. The van der Waals surface area contributed by atoms with Gasteiger partial charge in [-0.3, -0.25) is 0 Å². The van der Waals surface area contributed by atoms with Crippen LogP contribution in [-0.4, -0.2) is 24.0 Å². The van der Waals surface area contributed by atoms with Crippen molar-refractivity contribution < 1.29 is 27.4 Å². The summed E-state index contributed by atoms with van der Waals surface area (Å²) in [6.45, 7) is 3.03. The molecule has 0 heterocycles. The van der Waals surface area contributed by atoms with Gasteiger partial charge in [0.2, 0.25) is 0 Å². The first kappa shape index (κ1) is 23.0. The van der Waals surface area contributed by atoms with Crippen molar-refractivity contribution in [3.05, 3.63) is 63.9 Å². The maximum atomic E-state index is 13.9. The number of ether oxygens (including phenoxy) is 1. The number of halogens is 5. The topological polar surface area (TPSA) is 53.2 Å². The zero-order valence-corrected chi connectivity index (χ0v) is 16.8. The van der Waals surface area contributed by atoms with Crippen LogP contribution in [0.1, 0.15) is 37.0 Å². The predicted molar refractivity (Wildman–Crippen MR) is 101 cm³/mol. The molecule has 3 nitrogen and oxygen atoms in total. The second kappa shape index (κ2) is 8.21. The first-order valence-corrected chi connectivity index (χ1v) is 9.02. The van der Waals surface area contributed by atoms with Crippen LogP contribution in [0.15, 0.2) is 36.4 Å². The Kier molecular flexibility index (Phi) is 6.51. The molecular formula is C21H20ClF4NO2. The molecule has 1 N–H and O–H groups in total. The summed E-state index contributed by atoms with van der Waals surface area (Å²) < 4.78 is 60.4. The average Bonchev–Trinajstić information content (AvgIpc) is 2.61. The fourth-order valence-corrected chi connectivity index (χ4v) is 3.64. The SMILES string of the molecule is COc1cc(F)ccc1C(C)(C)CC(O)(Cc1ccc(C#N)cc1Cl)C(F)(F)F. The number of rotatable bonds is 6. The Morgan fingerprint density at radius 2 is 1.79 bits per heavy atom. The summed E-state index contributed by atoms with van der Waals surface area (Å²) in [7, 11) is 1.29. The summed E-state index contributed by atoms with van der Waals surface area (Å²) in [5.41, 5.74) is -3.75. The lowest BCUT2D eigenvalue weighted by atomic mass is 9.72. The Balaban J connectivity index is 2.46. The Morgan fingerprint density at radius 1 is 1.14 bits per heavy atom. The maximum Gasteiger partial charge on any atom is 0.417 e.